The molecule has 0 saturated carbocycles. The summed E-state index contributed by atoms with van der Waals surface area (Å²) in [6, 6.07) is -0.00271. The summed E-state index contributed by atoms with van der Waals surface area (Å²) in [6.07, 6.45) is 0.441. The number of ether oxygens (including phenoxy) is 2. The van der Waals surface area contributed by atoms with E-state index >= 15 is 0 Å². The molecule has 0 aromatic carbocycles. The maximum Gasteiger partial charge on any atom is 0.223 e. The summed E-state index contributed by atoms with van der Waals surface area (Å²) in [5.74, 6) is -0.381. The van der Waals surface area contributed by atoms with Gasteiger partial charge in [0.25, 0.3) is 0 Å². The van der Waals surface area contributed by atoms with Crippen LogP contribution in [0.4, 0.5) is 0 Å². The lowest BCUT2D eigenvalue weighted by Crippen LogP contribution is -2.51. The fourth-order valence-corrected chi connectivity index (χ4v) is 2.15. The second-order valence-corrected chi connectivity index (χ2v) is 4.97. The van der Waals surface area contributed by atoms with Crippen molar-refractivity contribution in [3.63, 3.8) is 0 Å². The monoisotopic (exact) mass is 229 g/mol. The molecule has 2 aliphatic rings. The Labute approximate surface area is 95.3 Å². The highest BCUT2D eigenvalue weighted by molar-refractivity contribution is 5.79. The Hall–Kier alpha value is -0.650. The number of amides is 1. The number of aliphatic hydroxyl groups is 1. The minimum absolute atomic E-state index is 0.00271. The van der Waals surface area contributed by atoms with E-state index in [-0.39, 0.29) is 24.5 Å². The van der Waals surface area contributed by atoms with Gasteiger partial charge in [-0.05, 0) is 13.8 Å². The number of nitrogens with zero attached hydrogens (tertiary/aromatic N) is 1. The maximum absolute atomic E-state index is 11.7. The molecule has 5 heteroatoms. The van der Waals surface area contributed by atoms with Gasteiger partial charge in [-0.2, -0.15) is 0 Å². The Bertz CT molecular complexity index is 269. The van der Waals surface area contributed by atoms with E-state index < -0.39 is 5.79 Å². The van der Waals surface area contributed by atoms with Gasteiger partial charge in [-0.3, -0.25) is 4.79 Å². The van der Waals surface area contributed by atoms with Gasteiger partial charge >= 0.3 is 0 Å². The lowest BCUT2D eigenvalue weighted by atomic mass is 10.1. The van der Waals surface area contributed by atoms with Crippen molar-refractivity contribution in [1.82, 2.24) is 4.90 Å². The normalized spacial score (nSPS) is 31.1. The molecule has 16 heavy (non-hydrogen) atoms. The van der Waals surface area contributed by atoms with Crippen LogP contribution in [0.3, 0.4) is 0 Å². The van der Waals surface area contributed by atoms with E-state index in [0.717, 1.165) is 0 Å². The van der Waals surface area contributed by atoms with E-state index in [1.807, 2.05) is 13.8 Å². The fraction of sp³-hybridized carbons (Fsp3) is 0.909. The molecule has 1 unspecified atom stereocenters. The third-order valence-corrected chi connectivity index (χ3v) is 3.18. The smallest absolute Gasteiger partial charge is 0.223 e. The number of carbonyl (C=O) groups is 1. The van der Waals surface area contributed by atoms with E-state index in [2.05, 4.69) is 0 Å². The zero-order valence-electron chi connectivity index (χ0n) is 9.81. The van der Waals surface area contributed by atoms with Gasteiger partial charge in [-0.25, -0.2) is 0 Å². The highest BCUT2D eigenvalue weighted by Gasteiger charge is 2.38. The Morgan fingerprint density at radius 3 is 2.56 bits per heavy atom. The first-order chi connectivity index (χ1) is 7.52. The standard InChI is InChI=1S/C11H19NO4/c1-11(2)15-6-9(7-16-11)12-4-8(5-13)3-10(12)14/h8-9,13H,3-7H2,1-2H3. The van der Waals surface area contributed by atoms with Gasteiger partial charge in [0.15, 0.2) is 5.79 Å². The van der Waals surface area contributed by atoms with Crippen molar-refractivity contribution in [2.24, 2.45) is 5.92 Å². The second kappa shape index (κ2) is 4.31. The third-order valence-electron chi connectivity index (χ3n) is 3.18. The van der Waals surface area contributed by atoms with E-state index in [0.29, 0.717) is 26.2 Å². The van der Waals surface area contributed by atoms with Crippen molar-refractivity contribution in [1.29, 1.82) is 0 Å². The van der Waals surface area contributed by atoms with E-state index in [1.165, 1.54) is 0 Å². The van der Waals surface area contributed by atoms with Gasteiger partial charge in [0.1, 0.15) is 0 Å². The molecule has 1 amide bonds. The van der Waals surface area contributed by atoms with Crippen LogP contribution < -0.4 is 0 Å². The van der Waals surface area contributed by atoms with Crippen LogP contribution in [0.25, 0.3) is 0 Å². The van der Waals surface area contributed by atoms with Crippen LogP contribution in [-0.2, 0) is 14.3 Å². The first-order valence-electron chi connectivity index (χ1n) is 5.70. The molecule has 5 nitrogen and oxygen atoms in total. The van der Waals surface area contributed by atoms with Crippen LogP contribution in [0.5, 0.6) is 0 Å². The van der Waals surface area contributed by atoms with Crippen LogP contribution in [0.2, 0.25) is 0 Å². The molecule has 2 rings (SSSR count). The molecule has 1 N–H and O–H groups in total. The Morgan fingerprint density at radius 2 is 2.06 bits per heavy atom. The van der Waals surface area contributed by atoms with Gasteiger partial charge in [0.2, 0.25) is 5.91 Å². The SMILES string of the molecule is CC1(C)OCC(N2CC(CO)CC2=O)CO1. The van der Waals surface area contributed by atoms with Gasteiger partial charge in [-0.1, -0.05) is 0 Å². The van der Waals surface area contributed by atoms with Crippen LogP contribution in [-0.4, -0.2) is 54.1 Å². The first kappa shape index (κ1) is 11.8. The van der Waals surface area contributed by atoms with E-state index in [1.54, 1.807) is 4.90 Å². The molecule has 0 radical (unpaired) electrons. The van der Waals surface area contributed by atoms with Gasteiger partial charge in [0.05, 0.1) is 19.3 Å². The van der Waals surface area contributed by atoms with Crippen molar-refractivity contribution >= 4 is 5.91 Å². The van der Waals surface area contributed by atoms with Crippen molar-refractivity contribution in [3.05, 3.63) is 0 Å². The topological polar surface area (TPSA) is 59.0 Å². The molecule has 2 heterocycles. The number of likely N-dealkylation sites (tertiary alicyclic amines) is 1. The average Bonchev–Trinajstić information content (AvgIpc) is 2.60. The number of aliphatic hydroxyl groups excluding tert-OH is 1. The van der Waals surface area contributed by atoms with Crippen molar-refractivity contribution in [2.45, 2.75) is 32.1 Å². The van der Waals surface area contributed by atoms with Gasteiger partial charge in [0, 0.05) is 25.5 Å². The summed E-state index contributed by atoms with van der Waals surface area (Å²) >= 11 is 0. The first-order valence-corrected chi connectivity index (χ1v) is 5.70. The van der Waals surface area contributed by atoms with E-state index in [4.69, 9.17) is 14.6 Å². The van der Waals surface area contributed by atoms with E-state index in [9.17, 15) is 4.79 Å². The Morgan fingerprint density at radius 1 is 1.44 bits per heavy atom. The van der Waals surface area contributed by atoms with Crippen LogP contribution in [0, 0.1) is 5.92 Å². The van der Waals surface area contributed by atoms with Crippen LogP contribution in [0.15, 0.2) is 0 Å². The summed E-state index contributed by atoms with van der Waals surface area (Å²) in [4.78, 5) is 13.5. The summed E-state index contributed by atoms with van der Waals surface area (Å²) in [6.45, 7) is 5.44. The zero-order valence-corrected chi connectivity index (χ0v) is 9.81. The average molecular weight is 229 g/mol. The Kier molecular flexibility index (Phi) is 3.19. The molecule has 92 valence electrons. The molecule has 0 aromatic heterocycles. The summed E-state index contributed by atoms with van der Waals surface area (Å²) in [5, 5.41) is 9.04. The molecule has 2 saturated heterocycles. The highest BCUT2D eigenvalue weighted by Crippen LogP contribution is 2.25. The summed E-state index contributed by atoms with van der Waals surface area (Å²) < 4.78 is 11.1. The maximum atomic E-state index is 11.7. The predicted octanol–water partition coefficient (Wildman–Crippen LogP) is -0.0213. The summed E-state index contributed by atoms with van der Waals surface area (Å²) in [5.41, 5.74) is 0. The molecular formula is C11H19NO4. The molecule has 2 aliphatic heterocycles. The Balaban J connectivity index is 1.92. The van der Waals surface area contributed by atoms with Crippen molar-refractivity contribution in [3.8, 4) is 0 Å². The lowest BCUT2D eigenvalue weighted by molar-refractivity contribution is -0.262. The molecule has 1 atom stereocenters. The molecule has 0 spiro atoms. The zero-order chi connectivity index (χ0) is 11.8. The molecule has 0 aliphatic carbocycles. The van der Waals surface area contributed by atoms with Crippen LogP contribution >= 0.6 is 0 Å². The van der Waals surface area contributed by atoms with Gasteiger partial charge < -0.3 is 19.5 Å². The third kappa shape index (κ3) is 2.36. The fourth-order valence-electron chi connectivity index (χ4n) is 2.15. The summed E-state index contributed by atoms with van der Waals surface area (Å²) in [7, 11) is 0. The highest BCUT2D eigenvalue weighted by atomic mass is 16.7. The number of hydrogen-bond acceptors (Lipinski definition) is 4. The predicted molar refractivity (Wildman–Crippen MR) is 56.7 cm³/mol. The molecule has 0 aromatic rings. The largest absolute Gasteiger partial charge is 0.396 e. The number of rotatable bonds is 2. The van der Waals surface area contributed by atoms with Crippen molar-refractivity contribution in [2.75, 3.05) is 26.4 Å². The number of hydrogen-bond donors (Lipinski definition) is 1. The molecular weight excluding hydrogens is 210 g/mol. The van der Waals surface area contributed by atoms with Crippen molar-refractivity contribution < 1.29 is 19.4 Å². The molecule has 0 bridgehead atoms. The van der Waals surface area contributed by atoms with Gasteiger partial charge in [-0.15, -0.1) is 0 Å². The lowest BCUT2D eigenvalue weighted by Gasteiger charge is -2.38. The quantitative estimate of drug-likeness (QED) is 0.723. The minimum Gasteiger partial charge on any atom is -0.396 e. The molecule has 2 fully saturated rings. The van der Waals surface area contributed by atoms with Crippen LogP contribution in [0.1, 0.15) is 20.3 Å². The number of carbonyl (C=O) groups excluding carboxylic acids is 1. The second-order valence-electron chi connectivity index (χ2n) is 4.97. The minimum atomic E-state index is -0.546.